The molecule has 0 saturated carbocycles. The largest absolute Gasteiger partial charge is 0.366 e. The van der Waals surface area contributed by atoms with Gasteiger partial charge in [-0.2, -0.15) is 0 Å². The van der Waals surface area contributed by atoms with Gasteiger partial charge in [0.15, 0.2) is 0 Å². The molecule has 2 saturated heterocycles. The highest BCUT2D eigenvalue weighted by molar-refractivity contribution is 7.09. The van der Waals surface area contributed by atoms with Crippen molar-refractivity contribution in [2.24, 2.45) is 5.92 Å². The van der Waals surface area contributed by atoms with Gasteiger partial charge in [-0.05, 0) is 25.8 Å². The number of aryl methyl sites for hydroxylation is 1. The van der Waals surface area contributed by atoms with E-state index in [0.29, 0.717) is 18.8 Å². The molecule has 0 radical (unpaired) electrons. The number of nitro groups is 1. The van der Waals surface area contributed by atoms with Crippen molar-refractivity contribution < 1.29 is 9.72 Å². The highest BCUT2D eigenvalue weighted by atomic mass is 32.1. The average molecular weight is 430 g/mol. The number of thiazole rings is 1. The summed E-state index contributed by atoms with van der Waals surface area (Å²) in [7, 11) is 0. The molecule has 160 valence electrons. The molecular weight excluding hydrogens is 402 g/mol. The van der Waals surface area contributed by atoms with Gasteiger partial charge in [0.1, 0.15) is 5.69 Å². The van der Waals surface area contributed by atoms with E-state index in [1.165, 1.54) is 0 Å². The molecule has 0 bridgehead atoms. The molecule has 0 unspecified atom stereocenters. The van der Waals surface area contributed by atoms with Crippen molar-refractivity contribution in [3.8, 4) is 0 Å². The minimum Gasteiger partial charge on any atom is -0.366 e. The summed E-state index contributed by atoms with van der Waals surface area (Å²) in [6, 6.07) is 6.85. The minimum absolute atomic E-state index is 0.0109. The van der Waals surface area contributed by atoms with E-state index in [9.17, 15) is 14.9 Å². The lowest BCUT2D eigenvalue weighted by molar-refractivity contribution is -0.384. The summed E-state index contributed by atoms with van der Waals surface area (Å²) in [5, 5.41) is 14.5. The molecule has 30 heavy (non-hydrogen) atoms. The molecule has 1 amide bonds. The molecule has 1 aromatic carbocycles. The SMILES string of the molecule is Cc1nc(CN2CCN(C(=O)C3CCN(c4ccccc4[N+](=O)[O-])CC3)CC2)cs1. The Labute approximate surface area is 180 Å². The topological polar surface area (TPSA) is 82.8 Å². The van der Waals surface area contributed by atoms with Crippen LogP contribution >= 0.6 is 11.3 Å². The maximum absolute atomic E-state index is 13.0. The van der Waals surface area contributed by atoms with Crippen LogP contribution in [-0.4, -0.2) is 64.9 Å². The summed E-state index contributed by atoms with van der Waals surface area (Å²) < 4.78 is 0. The van der Waals surface area contributed by atoms with Crippen LogP contribution in [0.1, 0.15) is 23.5 Å². The predicted molar refractivity (Wildman–Crippen MR) is 117 cm³/mol. The highest BCUT2D eigenvalue weighted by Gasteiger charge is 2.32. The van der Waals surface area contributed by atoms with E-state index in [1.807, 2.05) is 22.8 Å². The fourth-order valence-electron chi connectivity index (χ4n) is 4.35. The van der Waals surface area contributed by atoms with Crippen molar-refractivity contribution in [2.75, 3.05) is 44.2 Å². The second kappa shape index (κ2) is 9.09. The zero-order valence-corrected chi connectivity index (χ0v) is 18.0. The van der Waals surface area contributed by atoms with Crippen LogP contribution in [0.2, 0.25) is 0 Å². The van der Waals surface area contributed by atoms with E-state index in [2.05, 4.69) is 15.3 Å². The Hall–Kier alpha value is -2.52. The molecule has 1 aromatic heterocycles. The maximum Gasteiger partial charge on any atom is 0.292 e. The van der Waals surface area contributed by atoms with Crippen molar-refractivity contribution in [1.29, 1.82) is 0 Å². The first-order valence-corrected chi connectivity index (χ1v) is 11.3. The molecule has 0 N–H and O–H groups in total. The van der Waals surface area contributed by atoms with Crippen LogP contribution in [0, 0.1) is 23.0 Å². The van der Waals surface area contributed by atoms with Crippen LogP contribution in [0.4, 0.5) is 11.4 Å². The predicted octanol–water partition coefficient (Wildman–Crippen LogP) is 2.92. The number of nitro benzene ring substituents is 1. The van der Waals surface area contributed by atoms with Gasteiger partial charge in [-0.25, -0.2) is 4.98 Å². The molecule has 0 aliphatic carbocycles. The van der Waals surface area contributed by atoms with E-state index in [1.54, 1.807) is 29.5 Å². The number of piperidine rings is 1. The number of benzene rings is 1. The minimum atomic E-state index is -0.334. The summed E-state index contributed by atoms with van der Waals surface area (Å²) in [5.41, 5.74) is 1.90. The molecule has 4 rings (SSSR count). The van der Waals surface area contributed by atoms with Gasteiger partial charge in [-0.15, -0.1) is 11.3 Å². The number of amides is 1. The molecular formula is C21H27N5O3S. The van der Waals surface area contributed by atoms with Gasteiger partial charge in [0.2, 0.25) is 5.91 Å². The van der Waals surface area contributed by atoms with E-state index in [4.69, 9.17) is 0 Å². The second-order valence-corrected chi connectivity index (χ2v) is 9.03. The zero-order valence-electron chi connectivity index (χ0n) is 17.2. The van der Waals surface area contributed by atoms with Gasteiger partial charge in [0.05, 0.1) is 15.6 Å². The van der Waals surface area contributed by atoms with Crippen LogP contribution in [-0.2, 0) is 11.3 Å². The lowest BCUT2D eigenvalue weighted by atomic mass is 9.94. The first-order chi connectivity index (χ1) is 14.5. The Bertz CT molecular complexity index is 902. The normalized spacial score (nSPS) is 18.6. The van der Waals surface area contributed by atoms with E-state index < -0.39 is 0 Å². The number of piperazine rings is 1. The van der Waals surface area contributed by atoms with Gasteiger partial charge in [0.25, 0.3) is 5.69 Å². The van der Waals surface area contributed by atoms with Gasteiger partial charge < -0.3 is 9.80 Å². The lowest BCUT2D eigenvalue weighted by Crippen LogP contribution is -2.51. The highest BCUT2D eigenvalue weighted by Crippen LogP contribution is 2.31. The first kappa shape index (κ1) is 20.7. The van der Waals surface area contributed by atoms with Gasteiger partial charge in [-0.3, -0.25) is 19.8 Å². The Morgan fingerprint density at radius 3 is 2.50 bits per heavy atom. The Balaban J connectivity index is 1.27. The molecule has 0 atom stereocenters. The molecule has 8 nitrogen and oxygen atoms in total. The summed E-state index contributed by atoms with van der Waals surface area (Å²) in [5.74, 6) is 0.248. The molecule has 2 fully saturated rings. The fraction of sp³-hybridized carbons (Fsp3) is 0.524. The van der Waals surface area contributed by atoms with Crippen molar-refractivity contribution in [2.45, 2.75) is 26.3 Å². The number of aromatic nitrogens is 1. The number of rotatable bonds is 5. The van der Waals surface area contributed by atoms with Crippen LogP contribution in [0.25, 0.3) is 0 Å². The fourth-order valence-corrected chi connectivity index (χ4v) is 4.95. The standard InChI is InChI=1S/C21H27N5O3S/c1-16-22-18(15-30-16)14-23-10-12-25(13-11-23)21(27)17-6-8-24(9-7-17)19-4-2-3-5-20(19)26(28)29/h2-5,15,17H,6-14H2,1H3. The number of carbonyl (C=O) groups is 1. The van der Waals surface area contributed by atoms with Gasteiger partial charge >= 0.3 is 0 Å². The third-order valence-electron chi connectivity index (χ3n) is 6.00. The van der Waals surface area contributed by atoms with Gasteiger partial charge in [-0.1, -0.05) is 12.1 Å². The Morgan fingerprint density at radius 2 is 1.87 bits per heavy atom. The van der Waals surface area contributed by atoms with Crippen molar-refractivity contribution >= 4 is 28.6 Å². The number of hydrogen-bond acceptors (Lipinski definition) is 7. The number of para-hydroxylation sites is 2. The molecule has 0 spiro atoms. The van der Waals surface area contributed by atoms with Crippen LogP contribution in [0.15, 0.2) is 29.6 Å². The molecule has 2 aromatic rings. The third-order valence-corrected chi connectivity index (χ3v) is 6.82. The van der Waals surface area contributed by atoms with Gasteiger partial charge in [0, 0.05) is 63.2 Å². The molecule has 2 aliphatic rings. The molecule has 9 heteroatoms. The van der Waals surface area contributed by atoms with Crippen molar-refractivity contribution in [3.05, 3.63) is 50.5 Å². The van der Waals surface area contributed by atoms with Crippen LogP contribution in [0.5, 0.6) is 0 Å². The number of carbonyl (C=O) groups excluding carboxylic acids is 1. The number of hydrogen-bond donors (Lipinski definition) is 0. The maximum atomic E-state index is 13.0. The molecule has 3 heterocycles. The second-order valence-electron chi connectivity index (χ2n) is 7.97. The Kier molecular flexibility index (Phi) is 6.29. The average Bonchev–Trinajstić information content (AvgIpc) is 3.18. The summed E-state index contributed by atoms with van der Waals surface area (Å²) in [6.07, 6.45) is 1.48. The number of nitrogens with zero attached hydrogens (tertiary/aromatic N) is 5. The Morgan fingerprint density at radius 1 is 1.17 bits per heavy atom. The first-order valence-electron chi connectivity index (χ1n) is 10.4. The van der Waals surface area contributed by atoms with E-state index in [-0.39, 0.29) is 22.4 Å². The van der Waals surface area contributed by atoms with E-state index >= 15 is 0 Å². The monoisotopic (exact) mass is 429 g/mol. The zero-order chi connectivity index (χ0) is 21.1. The quantitative estimate of drug-likeness (QED) is 0.537. The van der Waals surface area contributed by atoms with Crippen molar-refractivity contribution in [1.82, 2.24) is 14.8 Å². The summed E-state index contributed by atoms with van der Waals surface area (Å²) in [6.45, 7) is 7.47. The van der Waals surface area contributed by atoms with Crippen LogP contribution < -0.4 is 4.90 Å². The summed E-state index contributed by atoms with van der Waals surface area (Å²) >= 11 is 1.67. The van der Waals surface area contributed by atoms with E-state index in [0.717, 1.165) is 56.3 Å². The smallest absolute Gasteiger partial charge is 0.292 e. The van der Waals surface area contributed by atoms with Crippen LogP contribution in [0.3, 0.4) is 0 Å². The number of anilines is 1. The van der Waals surface area contributed by atoms with Crippen molar-refractivity contribution in [3.63, 3.8) is 0 Å². The third kappa shape index (κ3) is 4.62. The summed E-state index contributed by atoms with van der Waals surface area (Å²) in [4.78, 5) is 34.9. The lowest BCUT2D eigenvalue weighted by Gasteiger charge is -2.38. The molecule has 2 aliphatic heterocycles.